The monoisotopic (exact) mass is 331 g/mol. The van der Waals surface area contributed by atoms with Crippen molar-refractivity contribution in [3.05, 3.63) is 23.3 Å². The second-order valence-corrected chi connectivity index (χ2v) is 7.68. The Morgan fingerprint density at radius 2 is 2.08 bits per heavy atom. The van der Waals surface area contributed by atoms with E-state index in [-0.39, 0.29) is 11.2 Å². The molecule has 0 spiro atoms. The van der Waals surface area contributed by atoms with Crippen molar-refractivity contribution in [1.82, 2.24) is 4.90 Å². The first-order chi connectivity index (χ1) is 11.4. The summed E-state index contributed by atoms with van der Waals surface area (Å²) in [5.41, 5.74) is 2.12. The average molecular weight is 331 g/mol. The lowest BCUT2D eigenvalue weighted by atomic mass is 9.56. The molecular weight excluding hydrogens is 302 g/mol. The molecule has 3 rings (SSSR count). The van der Waals surface area contributed by atoms with Crippen LogP contribution in [0.2, 0.25) is 0 Å². The van der Waals surface area contributed by atoms with Crippen LogP contribution in [0, 0.1) is 12.8 Å². The first-order valence-corrected chi connectivity index (χ1v) is 9.08. The van der Waals surface area contributed by atoms with Crippen LogP contribution in [0.5, 0.6) is 11.5 Å². The van der Waals surface area contributed by atoms with Crippen LogP contribution in [0.4, 0.5) is 0 Å². The molecule has 0 bridgehead atoms. The Balaban J connectivity index is 2.12. The third kappa shape index (κ3) is 2.71. The third-order valence-corrected chi connectivity index (χ3v) is 6.39. The lowest BCUT2D eigenvalue weighted by Crippen LogP contribution is -2.55. The van der Waals surface area contributed by atoms with E-state index < -0.39 is 5.97 Å². The van der Waals surface area contributed by atoms with Crippen LogP contribution in [0.3, 0.4) is 0 Å². The Morgan fingerprint density at radius 1 is 1.33 bits per heavy atom. The molecule has 1 aromatic rings. The molecule has 0 amide bonds. The summed E-state index contributed by atoms with van der Waals surface area (Å²) in [5.74, 6) is 0.610. The van der Waals surface area contributed by atoms with Crippen molar-refractivity contribution in [2.45, 2.75) is 64.3 Å². The minimum absolute atomic E-state index is 0.00545. The molecule has 24 heavy (non-hydrogen) atoms. The molecular formula is C20H29NO3. The fraction of sp³-hybridized carbons (Fsp3) is 0.650. The molecule has 1 aromatic carbocycles. The third-order valence-electron chi connectivity index (χ3n) is 6.39. The summed E-state index contributed by atoms with van der Waals surface area (Å²) in [6.07, 6.45) is 5.81. The average Bonchev–Trinajstić information content (AvgIpc) is 2.54. The Bertz CT molecular complexity index is 642. The molecule has 2 aliphatic rings. The number of nitrogens with zero attached hydrogens (tertiary/aromatic N) is 1. The van der Waals surface area contributed by atoms with E-state index in [1.54, 1.807) is 6.07 Å². The van der Waals surface area contributed by atoms with Crippen LogP contribution in [0.25, 0.3) is 0 Å². The van der Waals surface area contributed by atoms with Crippen molar-refractivity contribution < 1.29 is 14.6 Å². The maximum atomic E-state index is 11.4. The highest BCUT2D eigenvalue weighted by atomic mass is 16.5. The minimum atomic E-state index is -0.394. The SMILES string of the molecule is CC(=O)Oc1ccc(C)c(C23CCCCC2[C@@H](C)N(C)CC3)c1O. The second-order valence-electron chi connectivity index (χ2n) is 7.68. The molecule has 0 aromatic heterocycles. The number of benzene rings is 1. The Labute approximate surface area is 144 Å². The van der Waals surface area contributed by atoms with Gasteiger partial charge in [-0.2, -0.15) is 0 Å². The number of fused-ring (bicyclic) bond motifs is 1. The highest BCUT2D eigenvalue weighted by Gasteiger charge is 2.50. The van der Waals surface area contributed by atoms with Crippen LogP contribution in [0.15, 0.2) is 12.1 Å². The molecule has 4 nitrogen and oxygen atoms in total. The summed E-state index contributed by atoms with van der Waals surface area (Å²) in [6.45, 7) is 6.79. The van der Waals surface area contributed by atoms with Crippen LogP contribution in [-0.4, -0.2) is 35.6 Å². The van der Waals surface area contributed by atoms with E-state index in [9.17, 15) is 9.90 Å². The summed E-state index contributed by atoms with van der Waals surface area (Å²) >= 11 is 0. The Hall–Kier alpha value is -1.55. The van der Waals surface area contributed by atoms with Crippen LogP contribution in [-0.2, 0) is 10.2 Å². The maximum absolute atomic E-state index is 11.4. The number of phenols is 1. The van der Waals surface area contributed by atoms with E-state index >= 15 is 0 Å². The van der Waals surface area contributed by atoms with Crippen LogP contribution < -0.4 is 4.74 Å². The van der Waals surface area contributed by atoms with E-state index in [0.717, 1.165) is 30.5 Å². The van der Waals surface area contributed by atoms with Gasteiger partial charge in [0.05, 0.1) is 0 Å². The van der Waals surface area contributed by atoms with Gasteiger partial charge in [-0.15, -0.1) is 0 Å². The molecule has 1 saturated carbocycles. The van der Waals surface area contributed by atoms with Crippen molar-refractivity contribution in [2.24, 2.45) is 5.92 Å². The molecule has 2 fully saturated rings. The number of carbonyl (C=O) groups is 1. The molecule has 4 heteroatoms. The number of phenolic OH excluding ortho intramolecular Hbond substituents is 1. The number of esters is 1. The predicted octanol–water partition coefficient (Wildman–Crippen LogP) is 3.78. The topological polar surface area (TPSA) is 49.8 Å². The molecule has 0 radical (unpaired) electrons. The standard InChI is InChI=1S/C20H29NO3/c1-13-8-9-17(24-15(3)22)19(23)18(13)20-10-6-5-7-16(20)14(2)21(4)12-11-20/h8-9,14,16,23H,5-7,10-12H2,1-4H3/t14-,16?,20?/m1/s1. The predicted molar refractivity (Wildman–Crippen MR) is 94.5 cm³/mol. The molecule has 1 heterocycles. The Kier molecular flexibility index (Phi) is 4.60. The molecule has 2 unspecified atom stereocenters. The zero-order valence-electron chi connectivity index (χ0n) is 15.3. The maximum Gasteiger partial charge on any atom is 0.308 e. The molecule has 1 aliphatic carbocycles. The first kappa shape index (κ1) is 17.3. The van der Waals surface area contributed by atoms with Gasteiger partial charge in [-0.3, -0.25) is 4.79 Å². The molecule has 1 saturated heterocycles. The lowest BCUT2D eigenvalue weighted by Gasteiger charge is -2.54. The first-order valence-electron chi connectivity index (χ1n) is 9.08. The largest absolute Gasteiger partial charge is 0.504 e. The highest BCUT2D eigenvalue weighted by molar-refractivity contribution is 5.71. The van der Waals surface area contributed by atoms with Gasteiger partial charge in [-0.05, 0) is 64.3 Å². The number of ether oxygens (including phenoxy) is 1. The van der Waals surface area contributed by atoms with Crippen molar-refractivity contribution >= 4 is 5.97 Å². The van der Waals surface area contributed by atoms with Gasteiger partial charge in [-0.1, -0.05) is 18.9 Å². The van der Waals surface area contributed by atoms with Crippen molar-refractivity contribution in [3.8, 4) is 11.5 Å². The van der Waals surface area contributed by atoms with Gasteiger partial charge in [0.1, 0.15) is 0 Å². The lowest BCUT2D eigenvalue weighted by molar-refractivity contribution is -0.132. The fourth-order valence-electron chi connectivity index (χ4n) is 5.14. The smallest absolute Gasteiger partial charge is 0.308 e. The van der Waals surface area contributed by atoms with Gasteiger partial charge in [-0.25, -0.2) is 0 Å². The number of hydrogen-bond acceptors (Lipinski definition) is 4. The van der Waals surface area contributed by atoms with Gasteiger partial charge in [0.2, 0.25) is 0 Å². The number of aryl methyl sites for hydroxylation is 1. The van der Waals surface area contributed by atoms with Gasteiger partial charge in [0.25, 0.3) is 0 Å². The molecule has 1 aliphatic heterocycles. The number of likely N-dealkylation sites (tertiary alicyclic amines) is 1. The number of rotatable bonds is 2. The quantitative estimate of drug-likeness (QED) is 0.662. The Morgan fingerprint density at radius 3 is 2.79 bits per heavy atom. The van der Waals surface area contributed by atoms with Gasteiger partial charge < -0.3 is 14.7 Å². The van der Waals surface area contributed by atoms with Crippen LogP contribution >= 0.6 is 0 Å². The van der Waals surface area contributed by atoms with Gasteiger partial charge >= 0.3 is 5.97 Å². The number of hydrogen-bond donors (Lipinski definition) is 1. The zero-order valence-corrected chi connectivity index (χ0v) is 15.3. The van der Waals surface area contributed by atoms with Crippen molar-refractivity contribution in [1.29, 1.82) is 0 Å². The van der Waals surface area contributed by atoms with Crippen molar-refractivity contribution in [2.75, 3.05) is 13.6 Å². The number of aromatic hydroxyl groups is 1. The van der Waals surface area contributed by atoms with E-state index in [1.165, 1.54) is 26.2 Å². The van der Waals surface area contributed by atoms with Crippen molar-refractivity contribution in [3.63, 3.8) is 0 Å². The minimum Gasteiger partial charge on any atom is -0.504 e. The molecule has 3 atom stereocenters. The zero-order chi connectivity index (χ0) is 17.5. The van der Waals surface area contributed by atoms with Gasteiger partial charge in [0.15, 0.2) is 11.5 Å². The van der Waals surface area contributed by atoms with Crippen LogP contribution in [0.1, 0.15) is 57.1 Å². The normalized spacial score (nSPS) is 30.7. The van der Waals surface area contributed by atoms with E-state index in [1.807, 2.05) is 6.07 Å². The van der Waals surface area contributed by atoms with E-state index in [2.05, 4.69) is 25.8 Å². The number of carbonyl (C=O) groups excluding carboxylic acids is 1. The summed E-state index contributed by atoms with van der Waals surface area (Å²) in [7, 11) is 2.20. The molecule has 132 valence electrons. The summed E-state index contributed by atoms with van der Waals surface area (Å²) < 4.78 is 5.26. The van der Waals surface area contributed by atoms with Gasteiger partial charge in [0, 0.05) is 23.9 Å². The summed E-state index contributed by atoms with van der Waals surface area (Å²) in [5, 5.41) is 11.0. The highest BCUT2D eigenvalue weighted by Crippen LogP contribution is 2.55. The van der Waals surface area contributed by atoms with E-state index in [0.29, 0.717) is 17.7 Å². The summed E-state index contributed by atoms with van der Waals surface area (Å²) in [4.78, 5) is 13.8. The van der Waals surface area contributed by atoms with E-state index in [4.69, 9.17) is 4.74 Å². The molecule has 1 N–H and O–H groups in total. The summed E-state index contributed by atoms with van der Waals surface area (Å²) in [6, 6.07) is 4.19. The fourth-order valence-corrected chi connectivity index (χ4v) is 5.14. The number of piperidine rings is 1. The second kappa shape index (κ2) is 6.40.